The summed E-state index contributed by atoms with van der Waals surface area (Å²) in [6.07, 6.45) is 8.32. The largest absolute Gasteiger partial charge is 0.473 e. The third kappa shape index (κ3) is 7.78. The summed E-state index contributed by atoms with van der Waals surface area (Å²) in [7, 11) is 0. The quantitative estimate of drug-likeness (QED) is 0.439. The molecular weight excluding hydrogens is 452 g/mol. The van der Waals surface area contributed by atoms with Crippen molar-refractivity contribution in [3.8, 4) is 0 Å². The number of benzene rings is 1. The highest BCUT2D eigenvalue weighted by Gasteiger charge is 2.50. The van der Waals surface area contributed by atoms with Crippen LogP contribution in [0.5, 0.6) is 0 Å². The Morgan fingerprint density at radius 2 is 1.54 bits per heavy atom. The van der Waals surface area contributed by atoms with Crippen molar-refractivity contribution in [3.63, 3.8) is 0 Å². The van der Waals surface area contributed by atoms with E-state index in [1.54, 1.807) is 4.90 Å². The summed E-state index contributed by atoms with van der Waals surface area (Å²) in [6, 6.07) is 9.61. The van der Waals surface area contributed by atoms with Gasteiger partial charge in [-0.15, -0.1) is 0 Å². The fourth-order valence-corrected chi connectivity index (χ4v) is 4.99. The standard InChI is InChI=1S/C24H36N2O3.C2H2O4/c1-3-22(27)26(21-13-9-6-10-14-21)24(23(28)29-4-2)15-17-25(18-16-24)19-20-11-7-5-8-12-20;3-1(4)2(5)6/h6,9-10,13-14,20H,3-5,7-8,11-12,15-19H2,1-2H3;(H,3,4)(H,5,6). The van der Waals surface area contributed by atoms with E-state index < -0.39 is 17.5 Å². The number of anilines is 1. The van der Waals surface area contributed by atoms with E-state index in [1.807, 2.05) is 44.2 Å². The fraction of sp³-hybridized carbons (Fsp3) is 0.615. The van der Waals surface area contributed by atoms with Gasteiger partial charge in [0.05, 0.1) is 6.61 Å². The molecule has 0 aromatic heterocycles. The van der Waals surface area contributed by atoms with Gasteiger partial charge in [0.15, 0.2) is 0 Å². The molecule has 9 nitrogen and oxygen atoms in total. The summed E-state index contributed by atoms with van der Waals surface area (Å²) < 4.78 is 5.52. The number of likely N-dealkylation sites (tertiary alicyclic amines) is 1. The van der Waals surface area contributed by atoms with E-state index in [1.165, 1.54) is 32.1 Å². The molecule has 0 spiro atoms. The first-order chi connectivity index (χ1) is 16.7. The molecule has 0 unspecified atom stereocenters. The molecule has 2 fully saturated rings. The van der Waals surface area contributed by atoms with Crippen LogP contribution in [0.25, 0.3) is 0 Å². The highest BCUT2D eigenvalue weighted by atomic mass is 16.5. The zero-order valence-electron chi connectivity index (χ0n) is 20.8. The lowest BCUT2D eigenvalue weighted by Gasteiger charge is -2.47. The number of esters is 1. The summed E-state index contributed by atoms with van der Waals surface area (Å²) in [5.74, 6) is -3.15. The SMILES string of the molecule is CCOC(=O)C1(N(C(=O)CC)c2ccccc2)CCN(CC2CCCCC2)CC1.O=C(O)C(=O)O. The van der Waals surface area contributed by atoms with Crippen molar-refractivity contribution in [1.29, 1.82) is 0 Å². The number of nitrogens with zero attached hydrogens (tertiary/aromatic N) is 2. The lowest BCUT2D eigenvalue weighted by molar-refractivity contribution is -0.159. The molecule has 2 aliphatic rings. The predicted molar refractivity (Wildman–Crippen MR) is 131 cm³/mol. The first kappa shape index (κ1) is 28.3. The minimum Gasteiger partial charge on any atom is -0.473 e. The van der Waals surface area contributed by atoms with Crippen LogP contribution in [0.2, 0.25) is 0 Å². The van der Waals surface area contributed by atoms with E-state index in [4.69, 9.17) is 24.5 Å². The maximum atomic E-state index is 13.2. The first-order valence-electron chi connectivity index (χ1n) is 12.5. The van der Waals surface area contributed by atoms with Crippen molar-refractivity contribution in [3.05, 3.63) is 30.3 Å². The molecular formula is C26H38N2O7. The lowest BCUT2D eigenvalue weighted by Crippen LogP contribution is -2.63. The van der Waals surface area contributed by atoms with Gasteiger partial charge in [-0.2, -0.15) is 0 Å². The molecule has 1 aliphatic carbocycles. The van der Waals surface area contributed by atoms with E-state index in [0.717, 1.165) is 31.2 Å². The molecule has 3 rings (SSSR count). The Morgan fingerprint density at radius 1 is 0.971 bits per heavy atom. The highest BCUT2D eigenvalue weighted by Crippen LogP contribution is 2.36. The Morgan fingerprint density at radius 3 is 2.03 bits per heavy atom. The second-order valence-corrected chi connectivity index (χ2v) is 9.09. The minimum absolute atomic E-state index is 0.0232. The van der Waals surface area contributed by atoms with Gasteiger partial charge in [-0.1, -0.05) is 44.4 Å². The van der Waals surface area contributed by atoms with Crippen LogP contribution in [0.1, 0.15) is 65.2 Å². The van der Waals surface area contributed by atoms with Crippen LogP contribution < -0.4 is 4.90 Å². The second-order valence-electron chi connectivity index (χ2n) is 9.09. The molecule has 0 radical (unpaired) electrons. The number of carboxylic acids is 2. The van der Waals surface area contributed by atoms with Crippen LogP contribution >= 0.6 is 0 Å². The van der Waals surface area contributed by atoms with Crippen LogP contribution in [-0.2, 0) is 23.9 Å². The summed E-state index contributed by atoms with van der Waals surface area (Å²) in [6.45, 7) is 6.79. The minimum atomic E-state index is -1.82. The molecule has 1 aromatic carbocycles. The van der Waals surface area contributed by atoms with Crippen LogP contribution in [0.4, 0.5) is 5.69 Å². The number of carbonyl (C=O) groups excluding carboxylic acids is 2. The van der Waals surface area contributed by atoms with Gasteiger partial charge in [-0.3, -0.25) is 9.69 Å². The van der Waals surface area contributed by atoms with Gasteiger partial charge in [0.1, 0.15) is 5.54 Å². The van der Waals surface area contributed by atoms with Crippen molar-refractivity contribution >= 4 is 29.5 Å². The smallest absolute Gasteiger partial charge is 0.414 e. The van der Waals surface area contributed by atoms with Gasteiger partial charge in [0.2, 0.25) is 5.91 Å². The highest BCUT2D eigenvalue weighted by molar-refractivity contribution is 6.27. The number of hydrogen-bond donors (Lipinski definition) is 2. The normalized spacial score (nSPS) is 18.0. The summed E-state index contributed by atoms with van der Waals surface area (Å²) in [4.78, 5) is 48.7. The van der Waals surface area contributed by atoms with E-state index in [0.29, 0.717) is 25.9 Å². The number of amides is 1. The Labute approximate surface area is 207 Å². The molecule has 1 heterocycles. The predicted octanol–water partition coefficient (Wildman–Crippen LogP) is 3.56. The van der Waals surface area contributed by atoms with Crippen molar-refractivity contribution in [2.75, 3.05) is 31.1 Å². The van der Waals surface area contributed by atoms with Crippen LogP contribution in [0, 0.1) is 5.92 Å². The molecule has 0 atom stereocenters. The fourth-order valence-electron chi connectivity index (χ4n) is 4.99. The van der Waals surface area contributed by atoms with Crippen LogP contribution in [0.15, 0.2) is 30.3 Å². The molecule has 1 amide bonds. The number of hydrogen-bond acceptors (Lipinski definition) is 6. The van der Waals surface area contributed by atoms with Gasteiger partial charge in [0.25, 0.3) is 0 Å². The molecule has 1 saturated heterocycles. The molecule has 194 valence electrons. The third-order valence-corrected chi connectivity index (χ3v) is 6.76. The lowest BCUT2D eigenvalue weighted by atomic mass is 9.83. The Bertz CT molecular complexity index is 833. The number of ether oxygens (including phenoxy) is 1. The van der Waals surface area contributed by atoms with Crippen molar-refractivity contribution in [2.45, 2.75) is 70.8 Å². The second kappa shape index (κ2) is 13.8. The van der Waals surface area contributed by atoms with Gasteiger partial charge in [0, 0.05) is 31.7 Å². The summed E-state index contributed by atoms with van der Waals surface area (Å²) >= 11 is 0. The average Bonchev–Trinajstić information content (AvgIpc) is 2.87. The number of piperidine rings is 1. The van der Waals surface area contributed by atoms with Crippen LogP contribution in [-0.4, -0.2) is 70.7 Å². The molecule has 2 N–H and O–H groups in total. The van der Waals surface area contributed by atoms with Crippen molar-refractivity contribution in [1.82, 2.24) is 4.90 Å². The summed E-state index contributed by atoms with van der Waals surface area (Å²) in [5.41, 5.74) is -0.124. The molecule has 0 bridgehead atoms. The number of carboxylic acid groups (broad SMARTS) is 2. The van der Waals surface area contributed by atoms with Gasteiger partial charge in [-0.05, 0) is 50.7 Å². The van der Waals surface area contributed by atoms with Gasteiger partial charge >= 0.3 is 17.9 Å². The van der Waals surface area contributed by atoms with Gasteiger partial charge in [-0.25, -0.2) is 14.4 Å². The van der Waals surface area contributed by atoms with E-state index in [2.05, 4.69) is 4.90 Å². The number of rotatable bonds is 7. The zero-order chi connectivity index (χ0) is 25.8. The van der Waals surface area contributed by atoms with E-state index in [9.17, 15) is 9.59 Å². The summed E-state index contributed by atoms with van der Waals surface area (Å²) in [5, 5.41) is 14.8. The number of para-hydroxylation sites is 1. The van der Waals surface area contributed by atoms with Crippen molar-refractivity contribution in [2.24, 2.45) is 5.92 Å². The number of aliphatic carboxylic acids is 2. The number of carbonyl (C=O) groups is 4. The molecule has 1 aromatic rings. The Hall–Kier alpha value is -2.94. The molecule has 1 saturated carbocycles. The molecule has 9 heteroatoms. The Kier molecular flexibility index (Phi) is 11.2. The van der Waals surface area contributed by atoms with Crippen LogP contribution in [0.3, 0.4) is 0 Å². The Balaban J connectivity index is 0.000000641. The maximum absolute atomic E-state index is 13.2. The average molecular weight is 491 g/mol. The zero-order valence-corrected chi connectivity index (χ0v) is 20.8. The topological polar surface area (TPSA) is 124 Å². The van der Waals surface area contributed by atoms with Crippen molar-refractivity contribution < 1.29 is 34.1 Å². The molecule has 1 aliphatic heterocycles. The van der Waals surface area contributed by atoms with E-state index >= 15 is 0 Å². The third-order valence-electron chi connectivity index (χ3n) is 6.76. The maximum Gasteiger partial charge on any atom is 0.414 e. The first-order valence-corrected chi connectivity index (χ1v) is 12.5. The van der Waals surface area contributed by atoms with Gasteiger partial charge < -0.3 is 19.8 Å². The van der Waals surface area contributed by atoms with E-state index in [-0.39, 0.29) is 11.9 Å². The monoisotopic (exact) mass is 490 g/mol. The molecule has 35 heavy (non-hydrogen) atoms.